The Balaban J connectivity index is 0.00000231. The van der Waals surface area contributed by atoms with Crippen LogP contribution in [0.2, 0.25) is 0 Å². The lowest BCUT2D eigenvalue weighted by molar-refractivity contribution is 0.315. The molecular weight excluding hydrogens is 404 g/mol. The molecule has 0 amide bonds. The maximum absolute atomic E-state index is 5.12. The van der Waals surface area contributed by atoms with E-state index in [4.69, 9.17) is 10.1 Å². The van der Waals surface area contributed by atoms with E-state index >= 15 is 0 Å². The molecule has 0 spiro atoms. The number of fused-ring (bicyclic) bond motifs is 3. The van der Waals surface area contributed by atoms with E-state index in [2.05, 4.69) is 63.1 Å². The minimum atomic E-state index is 0. The SMILES string of the molecule is Cc1cc(C)c(-c2c(C)nn3c4c(c(C)nc23)CCN4C2CCCCC2C)c(C)c1.Cl. The van der Waals surface area contributed by atoms with Gasteiger partial charge in [0.05, 0.1) is 11.3 Å². The molecule has 31 heavy (non-hydrogen) atoms. The zero-order valence-electron chi connectivity index (χ0n) is 19.7. The maximum Gasteiger partial charge on any atom is 0.165 e. The second kappa shape index (κ2) is 8.12. The highest BCUT2D eigenvalue weighted by Crippen LogP contribution is 2.41. The third-order valence-electron chi connectivity index (χ3n) is 7.49. The average molecular weight is 439 g/mol. The molecule has 3 aromatic rings. The summed E-state index contributed by atoms with van der Waals surface area (Å²) in [4.78, 5) is 7.79. The fourth-order valence-corrected chi connectivity index (χ4v) is 6.16. The first-order chi connectivity index (χ1) is 14.4. The molecule has 1 saturated carbocycles. The molecule has 166 valence electrons. The number of rotatable bonds is 2. The Morgan fingerprint density at radius 3 is 2.26 bits per heavy atom. The Morgan fingerprint density at radius 1 is 0.903 bits per heavy atom. The number of nitrogens with zero attached hydrogens (tertiary/aromatic N) is 4. The van der Waals surface area contributed by atoms with E-state index in [-0.39, 0.29) is 12.4 Å². The molecule has 2 unspecified atom stereocenters. The first kappa shape index (κ1) is 22.1. The molecule has 1 aromatic carbocycles. The smallest absolute Gasteiger partial charge is 0.165 e. The van der Waals surface area contributed by atoms with Crippen LogP contribution in [0.1, 0.15) is 66.2 Å². The Kier molecular flexibility index (Phi) is 5.80. The topological polar surface area (TPSA) is 33.4 Å². The maximum atomic E-state index is 5.12. The molecular formula is C26H35ClN4. The summed E-state index contributed by atoms with van der Waals surface area (Å²) >= 11 is 0. The Labute approximate surface area is 192 Å². The summed E-state index contributed by atoms with van der Waals surface area (Å²) in [5.74, 6) is 2.05. The van der Waals surface area contributed by atoms with Gasteiger partial charge in [-0.05, 0) is 76.5 Å². The Morgan fingerprint density at radius 2 is 1.58 bits per heavy atom. The summed E-state index contributed by atoms with van der Waals surface area (Å²) in [6.07, 6.45) is 6.45. The molecule has 5 heteroatoms. The van der Waals surface area contributed by atoms with Gasteiger partial charge in [-0.2, -0.15) is 9.61 Å². The zero-order chi connectivity index (χ0) is 21.2. The number of hydrogen-bond donors (Lipinski definition) is 0. The molecule has 1 aliphatic carbocycles. The lowest BCUT2D eigenvalue weighted by atomic mass is 9.85. The number of hydrogen-bond acceptors (Lipinski definition) is 3. The molecule has 0 saturated heterocycles. The van der Waals surface area contributed by atoms with E-state index in [1.54, 1.807) is 0 Å². The second-order valence-electron chi connectivity index (χ2n) is 9.74. The van der Waals surface area contributed by atoms with Crippen LogP contribution in [0.4, 0.5) is 5.82 Å². The Bertz CT molecular complexity index is 1120. The highest BCUT2D eigenvalue weighted by Gasteiger charge is 2.35. The molecule has 0 bridgehead atoms. The molecule has 2 atom stereocenters. The molecule has 0 N–H and O–H groups in total. The number of aromatic nitrogens is 3. The van der Waals surface area contributed by atoms with Crippen LogP contribution >= 0.6 is 12.4 Å². The normalized spacial score (nSPS) is 20.8. The van der Waals surface area contributed by atoms with Gasteiger partial charge in [-0.3, -0.25) is 0 Å². The van der Waals surface area contributed by atoms with E-state index in [0.29, 0.717) is 6.04 Å². The summed E-state index contributed by atoms with van der Waals surface area (Å²) in [7, 11) is 0. The third-order valence-corrected chi connectivity index (χ3v) is 7.49. The van der Waals surface area contributed by atoms with Gasteiger partial charge in [-0.15, -0.1) is 12.4 Å². The van der Waals surface area contributed by atoms with Gasteiger partial charge in [0.1, 0.15) is 5.82 Å². The molecule has 1 aliphatic heterocycles. The average Bonchev–Trinajstić information content (AvgIpc) is 3.24. The lowest BCUT2D eigenvalue weighted by Crippen LogP contribution is -2.41. The summed E-state index contributed by atoms with van der Waals surface area (Å²) in [5.41, 5.74) is 11.1. The lowest BCUT2D eigenvalue weighted by Gasteiger charge is -2.37. The van der Waals surface area contributed by atoms with Crippen molar-refractivity contribution in [1.82, 2.24) is 14.6 Å². The van der Waals surface area contributed by atoms with Gasteiger partial charge in [-0.1, -0.05) is 37.5 Å². The van der Waals surface area contributed by atoms with Crippen molar-refractivity contribution in [3.8, 4) is 11.1 Å². The van der Waals surface area contributed by atoms with Crippen LogP contribution in [0.25, 0.3) is 16.8 Å². The molecule has 1 fully saturated rings. The minimum absolute atomic E-state index is 0. The van der Waals surface area contributed by atoms with Gasteiger partial charge in [-0.25, -0.2) is 4.98 Å². The summed E-state index contributed by atoms with van der Waals surface area (Å²) in [6, 6.07) is 5.18. The van der Waals surface area contributed by atoms with Crippen LogP contribution in [0.3, 0.4) is 0 Å². The van der Waals surface area contributed by atoms with E-state index in [1.807, 2.05) is 0 Å². The van der Waals surface area contributed by atoms with Crippen molar-refractivity contribution >= 4 is 23.9 Å². The van der Waals surface area contributed by atoms with Crippen molar-refractivity contribution in [3.05, 3.63) is 45.8 Å². The summed E-state index contributed by atoms with van der Waals surface area (Å²) in [6.45, 7) is 14.5. The van der Waals surface area contributed by atoms with Crippen molar-refractivity contribution in [3.63, 3.8) is 0 Å². The predicted octanol–water partition coefficient (Wildman–Crippen LogP) is 6.30. The molecule has 2 aromatic heterocycles. The van der Waals surface area contributed by atoms with Crippen molar-refractivity contribution in [2.45, 2.75) is 79.7 Å². The summed E-state index contributed by atoms with van der Waals surface area (Å²) < 4.78 is 2.18. The molecule has 4 nitrogen and oxygen atoms in total. The third kappa shape index (κ3) is 3.44. The quantitative estimate of drug-likeness (QED) is 0.470. The highest BCUT2D eigenvalue weighted by atomic mass is 35.5. The fourth-order valence-electron chi connectivity index (χ4n) is 6.16. The van der Waals surface area contributed by atoms with Crippen LogP contribution in [0.15, 0.2) is 12.1 Å². The van der Waals surface area contributed by atoms with Crippen LogP contribution in [-0.2, 0) is 6.42 Å². The number of halogens is 1. The van der Waals surface area contributed by atoms with Crippen LogP contribution < -0.4 is 4.90 Å². The van der Waals surface area contributed by atoms with Crippen LogP contribution in [0.5, 0.6) is 0 Å². The van der Waals surface area contributed by atoms with Crippen molar-refractivity contribution < 1.29 is 0 Å². The predicted molar refractivity (Wildman–Crippen MR) is 132 cm³/mol. The van der Waals surface area contributed by atoms with Crippen LogP contribution in [0, 0.1) is 40.5 Å². The highest BCUT2D eigenvalue weighted by molar-refractivity contribution is 5.86. The van der Waals surface area contributed by atoms with Gasteiger partial charge < -0.3 is 4.90 Å². The zero-order valence-corrected chi connectivity index (χ0v) is 20.6. The standard InChI is InChI=1S/C26H34N4.ClH/c1-15-13-17(3)23(18(4)14-15)24-20(6)28-30-25(24)27-19(5)21-11-12-29(26(21)30)22-10-8-7-9-16(22)2;/h13-14,16,22H,7-12H2,1-6H3;1H. The molecule has 3 heterocycles. The van der Waals surface area contributed by atoms with Crippen LogP contribution in [-0.4, -0.2) is 27.2 Å². The van der Waals surface area contributed by atoms with E-state index in [0.717, 1.165) is 30.2 Å². The molecule has 2 aliphatic rings. The summed E-state index contributed by atoms with van der Waals surface area (Å²) in [5, 5.41) is 5.09. The van der Waals surface area contributed by atoms with Crippen molar-refractivity contribution in [1.29, 1.82) is 0 Å². The van der Waals surface area contributed by atoms with Gasteiger partial charge in [0.15, 0.2) is 5.65 Å². The van der Waals surface area contributed by atoms with Gasteiger partial charge in [0.25, 0.3) is 0 Å². The number of aryl methyl sites for hydroxylation is 5. The molecule has 0 radical (unpaired) electrons. The fraction of sp³-hybridized carbons (Fsp3) is 0.538. The largest absolute Gasteiger partial charge is 0.353 e. The number of anilines is 1. The van der Waals surface area contributed by atoms with Gasteiger partial charge in [0.2, 0.25) is 0 Å². The van der Waals surface area contributed by atoms with Crippen molar-refractivity contribution in [2.24, 2.45) is 5.92 Å². The monoisotopic (exact) mass is 438 g/mol. The van der Waals surface area contributed by atoms with Gasteiger partial charge >= 0.3 is 0 Å². The van der Waals surface area contributed by atoms with E-state index in [9.17, 15) is 0 Å². The first-order valence-electron chi connectivity index (χ1n) is 11.6. The number of benzene rings is 1. The Hall–Kier alpha value is -2.07. The van der Waals surface area contributed by atoms with Gasteiger partial charge in [0, 0.05) is 23.8 Å². The first-order valence-corrected chi connectivity index (χ1v) is 11.6. The molecule has 5 rings (SSSR count). The minimum Gasteiger partial charge on any atom is -0.353 e. The second-order valence-corrected chi connectivity index (χ2v) is 9.74. The van der Waals surface area contributed by atoms with E-state index in [1.165, 1.54) is 70.6 Å². The van der Waals surface area contributed by atoms with E-state index < -0.39 is 0 Å². The van der Waals surface area contributed by atoms with Crippen molar-refractivity contribution in [2.75, 3.05) is 11.4 Å².